The van der Waals surface area contributed by atoms with Crippen LogP contribution >= 0.6 is 47.8 Å². The monoisotopic (exact) mass is 518 g/mol. The number of benzene rings is 3. The molecule has 0 saturated carbocycles. The Morgan fingerprint density at radius 3 is 1.48 bits per heavy atom. The minimum Gasteiger partial charge on any atom is -0.289 e. The molecule has 3 aromatic carbocycles. The van der Waals surface area contributed by atoms with Gasteiger partial charge < -0.3 is 0 Å². The zero-order chi connectivity index (χ0) is 17.8. The summed E-state index contributed by atoms with van der Waals surface area (Å²) in [7, 11) is 0. The Balaban J connectivity index is 2.07. The third-order valence-electron chi connectivity index (χ3n) is 3.69. The standard InChI is InChI=1S/C21H13Br3O/c22-17-7-1-14(2-8-17)13-20(15-3-9-18(23)10-4-15)21(25)16-5-11-19(24)12-6-16/h1-13H/b20-13+. The van der Waals surface area contributed by atoms with E-state index in [0.29, 0.717) is 11.1 Å². The Labute approximate surface area is 172 Å². The number of carbonyl (C=O) groups is 1. The summed E-state index contributed by atoms with van der Waals surface area (Å²) in [6.07, 6.45) is 1.93. The van der Waals surface area contributed by atoms with Gasteiger partial charge in [-0.2, -0.15) is 0 Å². The van der Waals surface area contributed by atoms with E-state index >= 15 is 0 Å². The van der Waals surface area contributed by atoms with Crippen molar-refractivity contribution in [2.75, 3.05) is 0 Å². The Kier molecular flexibility index (Phi) is 6.05. The predicted molar refractivity (Wildman–Crippen MR) is 115 cm³/mol. The van der Waals surface area contributed by atoms with Crippen molar-refractivity contribution in [1.82, 2.24) is 0 Å². The first-order valence-electron chi connectivity index (χ1n) is 7.56. The second-order valence-electron chi connectivity index (χ2n) is 5.45. The zero-order valence-corrected chi connectivity index (χ0v) is 17.8. The molecule has 4 heteroatoms. The molecule has 124 valence electrons. The molecule has 25 heavy (non-hydrogen) atoms. The molecule has 0 saturated heterocycles. The van der Waals surface area contributed by atoms with Crippen LogP contribution in [-0.4, -0.2) is 5.78 Å². The van der Waals surface area contributed by atoms with E-state index in [1.54, 1.807) is 0 Å². The van der Waals surface area contributed by atoms with Crippen LogP contribution in [-0.2, 0) is 0 Å². The van der Waals surface area contributed by atoms with Gasteiger partial charge in [-0.05, 0) is 65.7 Å². The Bertz CT molecular complexity index is 909. The van der Waals surface area contributed by atoms with Gasteiger partial charge >= 0.3 is 0 Å². The number of Topliss-reactive ketones (excluding diaryl/α,β-unsaturated/α-hetero) is 1. The van der Waals surface area contributed by atoms with E-state index in [9.17, 15) is 4.79 Å². The van der Waals surface area contributed by atoms with Crippen molar-refractivity contribution in [3.05, 3.63) is 103 Å². The Morgan fingerprint density at radius 1 is 0.600 bits per heavy atom. The van der Waals surface area contributed by atoms with Crippen LogP contribution in [0.25, 0.3) is 11.6 Å². The SMILES string of the molecule is O=C(/C(=C/c1ccc(Br)cc1)c1ccc(Br)cc1)c1ccc(Br)cc1. The summed E-state index contributed by atoms with van der Waals surface area (Å²) in [5.41, 5.74) is 3.19. The number of halogens is 3. The fraction of sp³-hybridized carbons (Fsp3) is 0. The van der Waals surface area contributed by atoms with Gasteiger partial charge in [0.2, 0.25) is 0 Å². The lowest BCUT2D eigenvalue weighted by Gasteiger charge is -2.09. The molecule has 0 radical (unpaired) electrons. The molecule has 0 aliphatic heterocycles. The van der Waals surface area contributed by atoms with Gasteiger partial charge in [-0.25, -0.2) is 0 Å². The zero-order valence-electron chi connectivity index (χ0n) is 13.0. The fourth-order valence-corrected chi connectivity index (χ4v) is 3.18. The number of allylic oxidation sites excluding steroid dienone is 1. The van der Waals surface area contributed by atoms with Gasteiger partial charge in [-0.1, -0.05) is 72.1 Å². The van der Waals surface area contributed by atoms with Crippen molar-refractivity contribution >= 4 is 65.2 Å². The number of rotatable bonds is 4. The first-order valence-corrected chi connectivity index (χ1v) is 9.94. The lowest BCUT2D eigenvalue weighted by atomic mass is 9.95. The summed E-state index contributed by atoms with van der Waals surface area (Å²) < 4.78 is 2.94. The second-order valence-corrected chi connectivity index (χ2v) is 8.20. The van der Waals surface area contributed by atoms with Crippen molar-refractivity contribution in [1.29, 1.82) is 0 Å². The number of ketones is 1. The Hall–Kier alpha value is -1.49. The quantitative estimate of drug-likeness (QED) is 0.199. The van der Waals surface area contributed by atoms with Gasteiger partial charge in [-0.15, -0.1) is 0 Å². The molecule has 0 amide bonds. The summed E-state index contributed by atoms with van der Waals surface area (Å²) in [5.74, 6) is -0.00209. The molecule has 3 rings (SSSR count). The molecule has 0 bridgehead atoms. The molecule has 1 nitrogen and oxygen atoms in total. The molecule has 0 N–H and O–H groups in total. The molecular weight excluding hydrogens is 508 g/mol. The highest BCUT2D eigenvalue weighted by Gasteiger charge is 2.14. The maximum absolute atomic E-state index is 13.1. The summed E-state index contributed by atoms with van der Waals surface area (Å²) in [4.78, 5) is 13.1. The van der Waals surface area contributed by atoms with Gasteiger partial charge in [0, 0.05) is 24.6 Å². The molecule has 0 heterocycles. The summed E-state index contributed by atoms with van der Waals surface area (Å²) >= 11 is 10.3. The fourth-order valence-electron chi connectivity index (χ4n) is 2.39. The number of hydrogen-bond donors (Lipinski definition) is 0. The Morgan fingerprint density at radius 2 is 1.00 bits per heavy atom. The minimum atomic E-state index is -0.00209. The van der Waals surface area contributed by atoms with E-state index in [1.165, 1.54) is 0 Å². The maximum atomic E-state index is 13.1. The lowest BCUT2D eigenvalue weighted by molar-refractivity contribution is 0.105. The molecule has 0 fully saturated rings. The van der Waals surface area contributed by atoms with Crippen LogP contribution in [0.2, 0.25) is 0 Å². The minimum absolute atomic E-state index is 0.00209. The first kappa shape index (κ1) is 18.3. The van der Waals surface area contributed by atoms with Crippen LogP contribution in [0.3, 0.4) is 0 Å². The van der Waals surface area contributed by atoms with Crippen LogP contribution in [0.5, 0.6) is 0 Å². The van der Waals surface area contributed by atoms with Crippen molar-refractivity contribution in [3.63, 3.8) is 0 Å². The first-order chi connectivity index (χ1) is 12.0. The van der Waals surface area contributed by atoms with Crippen LogP contribution in [0.4, 0.5) is 0 Å². The summed E-state index contributed by atoms with van der Waals surface area (Å²) in [5, 5.41) is 0. The topological polar surface area (TPSA) is 17.1 Å². The van der Waals surface area contributed by atoms with Gasteiger partial charge in [-0.3, -0.25) is 4.79 Å². The van der Waals surface area contributed by atoms with E-state index in [0.717, 1.165) is 24.5 Å². The van der Waals surface area contributed by atoms with E-state index < -0.39 is 0 Å². The second kappa shape index (κ2) is 8.26. The normalized spacial score (nSPS) is 11.4. The highest BCUT2D eigenvalue weighted by Crippen LogP contribution is 2.26. The van der Waals surface area contributed by atoms with Gasteiger partial charge in [0.25, 0.3) is 0 Å². The molecule has 0 aromatic heterocycles. The van der Waals surface area contributed by atoms with E-state index in [2.05, 4.69) is 47.8 Å². The van der Waals surface area contributed by atoms with Crippen molar-refractivity contribution < 1.29 is 4.79 Å². The number of hydrogen-bond acceptors (Lipinski definition) is 1. The van der Waals surface area contributed by atoms with Gasteiger partial charge in [0.1, 0.15) is 0 Å². The molecule has 0 atom stereocenters. The van der Waals surface area contributed by atoms with E-state index in [1.807, 2.05) is 78.9 Å². The lowest BCUT2D eigenvalue weighted by Crippen LogP contribution is -2.03. The molecular formula is C21H13Br3O. The smallest absolute Gasteiger partial charge is 0.193 e. The van der Waals surface area contributed by atoms with E-state index in [-0.39, 0.29) is 5.78 Å². The average molecular weight is 521 g/mol. The van der Waals surface area contributed by atoms with Gasteiger partial charge in [0.15, 0.2) is 5.78 Å². The maximum Gasteiger partial charge on any atom is 0.193 e. The van der Waals surface area contributed by atoms with Crippen LogP contribution in [0.15, 0.2) is 86.2 Å². The van der Waals surface area contributed by atoms with E-state index in [4.69, 9.17) is 0 Å². The van der Waals surface area contributed by atoms with Crippen LogP contribution < -0.4 is 0 Å². The van der Waals surface area contributed by atoms with Gasteiger partial charge in [0.05, 0.1) is 0 Å². The predicted octanol–water partition coefficient (Wildman–Crippen LogP) is 7.40. The van der Waals surface area contributed by atoms with Crippen molar-refractivity contribution in [2.45, 2.75) is 0 Å². The van der Waals surface area contributed by atoms with Crippen LogP contribution in [0, 0.1) is 0 Å². The van der Waals surface area contributed by atoms with Crippen molar-refractivity contribution in [3.8, 4) is 0 Å². The molecule has 3 aromatic rings. The molecule has 0 unspecified atom stereocenters. The third-order valence-corrected chi connectivity index (χ3v) is 5.27. The number of carbonyl (C=O) groups excluding carboxylic acids is 1. The molecule has 0 aliphatic carbocycles. The molecule has 0 spiro atoms. The highest BCUT2D eigenvalue weighted by molar-refractivity contribution is 9.11. The summed E-state index contributed by atoms with van der Waals surface area (Å²) in [6.45, 7) is 0. The largest absolute Gasteiger partial charge is 0.289 e. The molecule has 0 aliphatic rings. The average Bonchev–Trinajstić information content (AvgIpc) is 2.62. The van der Waals surface area contributed by atoms with Crippen molar-refractivity contribution in [2.24, 2.45) is 0 Å². The third kappa shape index (κ3) is 4.78. The summed E-state index contributed by atoms with van der Waals surface area (Å²) in [6, 6.07) is 23.1. The highest BCUT2D eigenvalue weighted by atomic mass is 79.9. The van der Waals surface area contributed by atoms with Crippen LogP contribution in [0.1, 0.15) is 21.5 Å².